The van der Waals surface area contributed by atoms with Gasteiger partial charge in [-0.2, -0.15) is 0 Å². The van der Waals surface area contributed by atoms with Crippen molar-refractivity contribution in [3.8, 4) is 17.2 Å². The summed E-state index contributed by atoms with van der Waals surface area (Å²) in [5.41, 5.74) is 12.9. The van der Waals surface area contributed by atoms with Crippen LogP contribution in [0.25, 0.3) is 0 Å². The molecule has 12 heteroatoms. The van der Waals surface area contributed by atoms with Crippen LogP contribution in [0.3, 0.4) is 0 Å². The Labute approximate surface area is 224 Å². The van der Waals surface area contributed by atoms with E-state index in [9.17, 15) is 14.4 Å². The SMILES string of the molecule is NC(Cc1ccc(O)cc1)C(=O)O.NC(Cc1ccc(O)cc1)C(=O)O.O=C(O)C(O)Cc1ccc(O)cc1. The van der Waals surface area contributed by atoms with Crippen LogP contribution in [0.5, 0.6) is 17.2 Å². The van der Waals surface area contributed by atoms with Crippen LogP contribution in [-0.2, 0) is 33.6 Å². The van der Waals surface area contributed by atoms with Crippen molar-refractivity contribution in [2.24, 2.45) is 11.5 Å². The molecule has 3 unspecified atom stereocenters. The van der Waals surface area contributed by atoms with Crippen LogP contribution in [0.15, 0.2) is 72.8 Å². The molecule has 0 saturated carbocycles. The number of aliphatic hydroxyl groups is 1. The lowest BCUT2D eigenvalue weighted by atomic mass is 10.1. The number of aromatic hydroxyl groups is 3. The zero-order valence-electron chi connectivity index (χ0n) is 20.8. The van der Waals surface area contributed by atoms with Gasteiger partial charge in [-0.25, -0.2) is 4.79 Å². The van der Waals surface area contributed by atoms with E-state index in [1.54, 1.807) is 36.4 Å². The van der Waals surface area contributed by atoms with Gasteiger partial charge in [-0.1, -0.05) is 36.4 Å². The fourth-order valence-corrected chi connectivity index (χ4v) is 2.89. The van der Waals surface area contributed by atoms with Gasteiger partial charge in [-0.15, -0.1) is 0 Å². The topological polar surface area (TPSA) is 245 Å². The fourth-order valence-electron chi connectivity index (χ4n) is 2.89. The number of phenolic OH excluding ortho intramolecular Hbond substituents is 3. The number of carboxylic acid groups (broad SMARTS) is 3. The number of benzene rings is 3. The van der Waals surface area contributed by atoms with Crippen LogP contribution in [0.2, 0.25) is 0 Å². The lowest BCUT2D eigenvalue weighted by Gasteiger charge is -2.05. The van der Waals surface area contributed by atoms with Crippen LogP contribution in [0.1, 0.15) is 16.7 Å². The van der Waals surface area contributed by atoms with Gasteiger partial charge in [0.05, 0.1) is 0 Å². The number of aliphatic carboxylic acids is 3. The number of hydrogen-bond acceptors (Lipinski definition) is 9. The third-order valence-corrected chi connectivity index (χ3v) is 5.07. The van der Waals surface area contributed by atoms with Crippen molar-refractivity contribution >= 4 is 17.9 Å². The maximum absolute atomic E-state index is 10.4. The van der Waals surface area contributed by atoms with E-state index < -0.39 is 36.1 Å². The Hall–Kier alpha value is -4.65. The number of nitrogens with two attached hydrogens (primary N) is 2. The van der Waals surface area contributed by atoms with Crippen LogP contribution >= 0.6 is 0 Å². The molecule has 12 nitrogen and oxygen atoms in total. The van der Waals surface area contributed by atoms with Crippen molar-refractivity contribution in [2.75, 3.05) is 0 Å². The van der Waals surface area contributed by atoms with Gasteiger partial charge >= 0.3 is 17.9 Å². The Morgan fingerprint density at radius 1 is 0.513 bits per heavy atom. The second-order valence-electron chi connectivity index (χ2n) is 8.36. The van der Waals surface area contributed by atoms with E-state index in [0.717, 1.165) is 11.1 Å². The first-order valence-electron chi connectivity index (χ1n) is 11.5. The first-order valence-corrected chi connectivity index (χ1v) is 11.5. The summed E-state index contributed by atoms with van der Waals surface area (Å²) in [6, 6.07) is 16.9. The minimum Gasteiger partial charge on any atom is -0.508 e. The van der Waals surface area contributed by atoms with Crippen molar-refractivity contribution in [1.82, 2.24) is 0 Å². The van der Waals surface area contributed by atoms with Gasteiger partial charge < -0.3 is 47.2 Å². The summed E-state index contributed by atoms with van der Waals surface area (Å²) in [6.45, 7) is 0. The van der Waals surface area contributed by atoms with Crippen molar-refractivity contribution in [1.29, 1.82) is 0 Å². The summed E-state index contributed by atoms with van der Waals surface area (Å²) in [5.74, 6) is -2.84. The van der Waals surface area contributed by atoms with Crippen LogP contribution in [0.4, 0.5) is 0 Å². The molecule has 210 valence electrons. The molecule has 0 aliphatic rings. The zero-order valence-corrected chi connectivity index (χ0v) is 20.8. The number of rotatable bonds is 9. The lowest BCUT2D eigenvalue weighted by molar-refractivity contribution is -0.146. The molecule has 3 aromatic carbocycles. The Bertz CT molecular complexity index is 1030. The Kier molecular flexibility index (Phi) is 13.5. The van der Waals surface area contributed by atoms with Gasteiger partial charge in [0.1, 0.15) is 29.3 Å². The number of carbonyl (C=O) groups is 3. The molecule has 0 aromatic heterocycles. The number of phenols is 3. The molecule has 0 radical (unpaired) electrons. The number of carboxylic acids is 3. The quantitative estimate of drug-likeness (QED) is 0.184. The lowest BCUT2D eigenvalue weighted by Crippen LogP contribution is -2.32. The first-order chi connectivity index (χ1) is 18.3. The predicted octanol–water partition coefficient (Wildman–Crippen LogP) is 1.07. The second-order valence-corrected chi connectivity index (χ2v) is 8.36. The van der Waals surface area contributed by atoms with Gasteiger partial charge in [0, 0.05) is 6.42 Å². The van der Waals surface area contributed by atoms with Crippen molar-refractivity contribution in [3.05, 3.63) is 89.5 Å². The van der Waals surface area contributed by atoms with E-state index in [4.69, 9.17) is 47.2 Å². The Morgan fingerprint density at radius 2 is 0.769 bits per heavy atom. The van der Waals surface area contributed by atoms with Crippen LogP contribution in [0, 0.1) is 0 Å². The molecule has 0 fully saturated rings. The summed E-state index contributed by atoms with van der Waals surface area (Å²) >= 11 is 0. The van der Waals surface area contributed by atoms with Gasteiger partial charge in [0.25, 0.3) is 0 Å². The molecule has 11 N–H and O–H groups in total. The van der Waals surface area contributed by atoms with Crippen LogP contribution < -0.4 is 11.5 Å². The molecule has 0 heterocycles. The molecule has 3 aromatic rings. The minimum atomic E-state index is -1.38. The average Bonchev–Trinajstić information content (AvgIpc) is 2.88. The van der Waals surface area contributed by atoms with Crippen molar-refractivity contribution < 1.29 is 50.1 Å². The highest BCUT2D eigenvalue weighted by Crippen LogP contribution is 2.12. The number of hydrogen-bond donors (Lipinski definition) is 9. The van der Waals surface area contributed by atoms with Crippen molar-refractivity contribution in [3.63, 3.8) is 0 Å². The number of aliphatic hydroxyl groups excluding tert-OH is 1. The molecule has 0 aliphatic heterocycles. The fraction of sp³-hybridized carbons (Fsp3) is 0.222. The predicted molar refractivity (Wildman–Crippen MR) is 140 cm³/mol. The van der Waals surface area contributed by atoms with E-state index in [-0.39, 0.29) is 36.5 Å². The highest BCUT2D eigenvalue weighted by molar-refractivity contribution is 5.74. The molecule has 3 rings (SSSR count). The van der Waals surface area contributed by atoms with Crippen molar-refractivity contribution in [2.45, 2.75) is 37.5 Å². The van der Waals surface area contributed by atoms with Gasteiger partial charge in [-0.3, -0.25) is 9.59 Å². The van der Waals surface area contributed by atoms with Gasteiger partial charge in [-0.05, 0) is 65.9 Å². The van der Waals surface area contributed by atoms with E-state index >= 15 is 0 Å². The smallest absolute Gasteiger partial charge is 0.332 e. The monoisotopic (exact) mass is 544 g/mol. The standard InChI is InChI=1S/2C9H11NO3.C9H10O4/c2*10-8(9(12)13)5-6-1-3-7(11)4-2-6;10-7-3-1-6(2-4-7)5-8(11)9(12)13/h2*1-4,8,11H,5,10H2,(H,12,13);1-4,8,10-11H,5H2,(H,12,13). The maximum Gasteiger partial charge on any atom is 0.332 e. The molecular formula is C27H32N2O10. The minimum absolute atomic E-state index is 0.0512. The van der Waals surface area contributed by atoms with Gasteiger partial charge in [0.2, 0.25) is 0 Å². The third-order valence-electron chi connectivity index (χ3n) is 5.07. The summed E-state index contributed by atoms with van der Waals surface area (Å²) in [5, 5.41) is 61.3. The molecule has 0 saturated heterocycles. The largest absolute Gasteiger partial charge is 0.508 e. The summed E-state index contributed by atoms with van der Waals surface area (Å²) in [6.07, 6.45) is -0.787. The molecule has 0 bridgehead atoms. The zero-order chi connectivity index (χ0) is 29.5. The van der Waals surface area contributed by atoms with E-state index in [0.29, 0.717) is 5.56 Å². The molecule has 3 atom stereocenters. The second kappa shape index (κ2) is 16.2. The molecular weight excluding hydrogens is 512 g/mol. The van der Waals surface area contributed by atoms with E-state index in [1.165, 1.54) is 36.4 Å². The Balaban J connectivity index is 0.000000292. The summed E-state index contributed by atoms with van der Waals surface area (Å²) < 4.78 is 0. The van der Waals surface area contributed by atoms with E-state index in [1.807, 2.05) is 0 Å². The maximum atomic E-state index is 10.4. The highest BCUT2D eigenvalue weighted by atomic mass is 16.4. The molecule has 0 amide bonds. The van der Waals surface area contributed by atoms with Gasteiger partial charge in [0.15, 0.2) is 6.10 Å². The first kappa shape index (κ1) is 32.4. The summed E-state index contributed by atoms with van der Waals surface area (Å²) in [7, 11) is 0. The average molecular weight is 545 g/mol. The molecule has 0 aliphatic carbocycles. The normalized spacial score (nSPS) is 12.4. The van der Waals surface area contributed by atoms with Crippen LogP contribution in [-0.4, -0.2) is 71.8 Å². The molecule has 39 heavy (non-hydrogen) atoms. The Morgan fingerprint density at radius 3 is 1.00 bits per heavy atom. The van der Waals surface area contributed by atoms with E-state index in [2.05, 4.69) is 0 Å². The third kappa shape index (κ3) is 13.5. The molecule has 0 spiro atoms. The highest BCUT2D eigenvalue weighted by Gasteiger charge is 2.13. The summed E-state index contributed by atoms with van der Waals surface area (Å²) in [4.78, 5) is 31.1.